The van der Waals surface area contributed by atoms with Gasteiger partial charge in [0.25, 0.3) is 0 Å². The zero-order valence-electron chi connectivity index (χ0n) is 10.2. The van der Waals surface area contributed by atoms with Gasteiger partial charge in [-0.2, -0.15) is 0 Å². The summed E-state index contributed by atoms with van der Waals surface area (Å²) in [6.07, 6.45) is 0.468. The fourth-order valence-corrected chi connectivity index (χ4v) is 1.59. The number of carboxylic acids is 1. The number of rotatable bonds is 7. The smallest absolute Gasteiger partial charge is 0.309 e. The lowest BCUT2D eigenvalue weighted by Crippen LogP contribution is -2.21. The van der Waals surface area contributed by atoms with Crippen LogP contribution in [-0.4, -0.2) is 31.4 Å². The molecule has 1 unspecified atom stereocenters. The lowest BCUT2D eigenvalue weighted by atomic mass is 10.0. The zero-order valence-corrected chi connectivity index (χ0v) is 10.2. The maximum atomic E-state index is 11.0. The summed E-state index contributed by atoms with van der Waals surface area (Å²) < 4.78 is 10.2. The minimum absolute atomic E-state index is 0.225. The summed E-state index contributed by atoms with van der Waals surface area (Å²) in [4.78, 5) is 11.0. The van der Waals surface area contributed by atoms with Crippen molar-refractivity contribution in [3.05, 3.63) is 29.8 Å². The number of hydrogen-bond acceptors (Lipinski definition) is 3. The lowest BCUT2D eigenvalue weighted by Gasteiger charge is -2.11. The summed E-state index contributed by atoms with van der Waals surface area (Å²) in [6.45, 7) is 2.77. The van der Waals surface area contributed by atoms with Crippen molar-refractivity contribution in [2.45, 2.75) is 13.3 Å². The lowest BCUT2D eigenvalue weighted by molar-refractivity contribution is -0.143. The van der Waals surface area contributed by atoms with Gasteiger partial charge < -0.3 is 14.6 Å². The predicted octanol–water partition coefficient (Wildman–Crippen LogP) is 1.97. The standard InChI is InChI=1S/C13H18O4/c1-3-17-12-6-4-10(5-7-12)8-11(9-16-2)13(14)15/h4-7,11H,3,8-9H2,1-2H3,(H,14,15). The fourth-order valence-electron chi connectivity index (χ4n) is 1.59. The van der Waals surface area contributed by atoms with Gasteiger partial charge in [0.2, 0.25) is 0 Å². The topological polar surface area (TPSA) is 55.8 Å². The number of ether oxygens (including phenoxy) is 2. The van der Waals surface area contributed by atoms with Gasteiger partial charge in [-0.05, 0) is 31.0 Å². The van der Waals surface area contributed by atoms with Gasteiger partial charge in [-0.3, -0.25) is 4.79 Å². The Morgan fingerprint density at radius 3 is 2.47 bits per heavy atom. The van der Waals surface area contributed by atoms with E-state index in [1.807, 2.05) is 31.2 Å². The van der Waals surface area contributed by atoms with Crippen molar-refractivity contribution in [1.29, 1.82) is 0 Å². The quantitative estimate of drug-likeness (QED) is 0.789. The molecule has 0 aliphatic carbocycles. The van der Waals surface area contributed by atoms with Gasteiger partial charge in [0, 0.05) is 7.11 Å². The molecule has 0 spiro atoms. The van der Waals surface area contributed by atoms with Crippen molar-refractivity contribution >= 4 is 5.97 Å². The second-order valence-electron chi connectivity index (χ2n) is 3.77. The van der Waals surface area contributed by atoms with Gasteiger partial charge in [-0.25, -0.2) is 0 Å². The zero-order chi connectivity index (χ0) is 12.7. The minimum Gasteiger partial charge on any atom is -0.494 e. The summed E-state index contributed by atoms with van der Waals surface area (Å²) in [5.74, 6) is -0.534. The Labute approximate surface area is 101 Å². The van der Waals surface area contributed by atoms with Crippen molar-refractivity contribution in [3.63, 3.8) is 0 Å². The molecule has 4 heteroatoms. The van der Waals surface area contributed by atoms with Crippen LogP contribution >= 0.6 is 0 Å². The van der Waals surface area contributed by atoms with Crippen LogP contribution in [0, 0.1) is 5.92 Å². The third kappa shape index (κ3) is 4.44. The SMILES string of the molecule is CCOc1ccc(CC(COC)C(=O)O)cc1. The van der Waals surface area contributed by atoms with Crippen LogP contribution in [0.3, 0.4) is 0 Å². The van der Waals surface area contributed by atoms with Crippen LogP contribution in [0.25, 0.3) is 0 Å². The Balaban J connectivity index is 2.63. The molecule has 1 atom stereocenters. The second kappa shape index (κ2) is 6.91. The van der Waals surface area contributed by atoms with E-state index in [1.54, 1.807) is 0 Å². The van der Waals surface area contributed by atoms with E-state index in [0.717, 1.165) is 11.3 Å². The van der Waals surface area contributed by atoms with Crippen molar-refractivity contribution in [2.24, 2.45) is 5.92 Å². The molecule has 0 fully saturated rings. The highest BCUT2D eigenvalue weighted by Gasteiger charge is 2.17. The molecule has 0 radical (unpaired) electrons. The Kier molecular flexibility index (Phi) is 5.49. The monoisotopic (exact) mass is 238 g/mol. The molecular formula is C13H18O4. The molecule has 0 aliphatic rings. The Bertz CT molecular complexity index is 345. The predicted molar refractivity (Wildman–Crippen MR) is 64.3 cm³/mol. The molecule has 0 amide bonds. The van der Waals surface area contributed by atoms with E-state index in [-0.39, 0.29) is 6.61 Å². The number of methoxy groups -OCH3 is 1. The maximum absolute atomic E-state index is 11.0. The normalized spacial score (nSPS) is 12.1. The average molecular weight is 238 g/mol. The van der Waals surface area contributed by atoms with E-state index in [9.17, 15) is 4.79 Å². The summed E-state index contributed by atoms with van der Waals surface area (Å²) in [7, 11) is 1.51. The molecule has 1 aromatic rings. The maximum Gasteiger partial charge on any atom is 0.309 e. The van der Waals surface area contributed by atoms with Gasteiger partial charge in [-0.1, -0.05) is 12.1 Å². The summed E-state index contributed by atoms with van der Waals surface area (Å²) >= 11 is 0. The molecular weight excluding hydrogens is 220 g/mol. The Morgan fingerprint density at radius 1 is 1.35 bits per heavy atom. The first-order valence-corrected chi connectivity index (χ1v) is 5.60. The van der Waals surface area contributed by atoms with Gasteiger partial charge in [0.15, 0.2) is 0 Å². The molecule has 17 heavy (non-hydrogen) atoms. The van der Waals surface area contributed by atoms with E-state index in [0.29, 0.717) is 13.0 Å². The first-order chi connectivity index (χ1) is 8.17. The van der Waals surface area contributed by atoms with Crippen LogP contribution in [0.2, 0.25) is 0 Å². The second-order valence-corrected chi connectivity index (χ2v) is 3.77. The van der Waals surface area contributed by atoms with E-state index < -0.39 is 11.9 Å². The van der Waals surface area contributed by atoms with Gasteiger partial charge in [0.05, 0.1) is 19.1 Å². The largest absolute Gasteiger partial charge is 0.494 e. The van der Waals surface area contributed by atoms with Crippen molar-refractivity contribution in [1.82, 2.24) is 0 Å². The first kappa shape index (κ1) is 13.5. The molecule has 0 aromatic heterocycles. The van der Waals surface area contributed by atoms with Crippen LogP contribution in [0.4, 0.5) is 0 Å². The van der Waals surface area contributed by atoms with Crippen molar-refractivity contribution in [2.75, 3.05) is 20.3 Å². The third-order valence-electron chi connectivity index (χ3n) is 2.43. The highest BCUT2D eigenvalue weighted by atomic mass is 16.5. The highest BCUT2D eigenvalue weighted by Crippen LogP contribution is 2.15. The van der Waals surface area contributed by atoms with E-state index in [1.165, 1.54) is 7.11 Å². The molecule has 1 N–H and O–H groups in total. The number of benzene rings is 1. The molecule has 0 bridgehead atoms. The van der Waals surface area contributed by atoms with Gasteiger partial charge >= 0.3 is 5.97 Å². The van der Waals surface area contributed by atoms with Crippen LogP contribution in [0.15, 0.2) is 24.3 Å². The number of aliphatic carboxylic acids is 1. The molecule has 0 saturated carbocycles. The van der Waals surface area contributed by atoms with Crippen LogP contribution in [0.5, 0.6) is 5.75 Å². The average Bonchev–Trinajstić information content (AvgIpc) is 2.31. The number of hydrogen-bond donors (Lipinski definition) is 1. The molecule has 1 aromatic carbocycles. The molecule has 0 heterocycles. The molecule has 1 rings (SSSR count). The first-order valence-electron chi connectivity index (χ1n) is 5.60. The molecule has 0 saturated heterocycles. The van der Waals surface area contributed by atoms with Crippen LogP contribution < -0.4 is 4.74 Å². The Hall–Kier alpha value is -1.55. The van der Waals surface area contributed by atoms with E-state index >= 15 is 0 Å². The van der Waals surface area contributed by atoms with Crippen LogP contribution in [0.1, 0.15) is 12.5 Å². The highest BCUT2D eigenvalue weighted by molar-refractivity contribution is 5.70. The molecule has 4 nitrogen and oxygen atoms in total. The van der Waals surface area contributed by atoms with Gasteiger partial charge in [0.1, 0.15) is 5.75 Å². The van der Waals surface area contributed by atoms with E-state index in [2.05, 4.69) is 0 Å². The van der Waals surface area contributed by atoms with Gasteiger partial charge in [-0.15, -0.1) is 0 Å². The van der Waals surface area contributed by atoms with Crippen molar-refractivity contribution in [3.8, 4) is 5.75 Å². The van der Waals surface area contributed by atoms with E-state index in [4.69, 9.17) is 14.6 Å². The minimum atomic E-state index is -0.833. The van der Waals surface area contributed by atoms with Crippen molar-refractivity contribution < 1.29 is 19.4 Å². The fraction of sp³-hybridized carbons (Fsp3) is 0.462. The third-order valence-corrected chi connectivity index (χ3v) is 2.43. The van der Waals surface area contributed by atoms with Crippen LogP contribution in [-0.2, 0) is 16.0 Å². The number of carbonyl (C=O) groups is 1. The molecule has 0 aliphatic heterocycles. The summed E-state index contributed by atoms with van der Waals surface area (Å²) in [5.41, 5.74) is 0.970. The summed E-state index contributed by atoms with van der Waals surface area (Å²) in [6, 6.07) is 7.47. The number of carboxylic acid groups (broad SMARTS) is 1. The Morgan fingerprint density at radius 2 is 2.00 bits per heavy atom. The molecule has 94 valence electrons. The summed E-state index contributed by atoms with van der Waals surface area (Å²) in [5, 5.41) is 9.00.